The summed E-state index contributed by atoms with van der Waals surface area (Å²) in [7, 11) is 1.84. The SMILES string of the molecule is CCOC(=O)[C@H]1NN(C)C(C)=C1CCO. The lowest BCUT2D eigenvalue weighted by Crippen LogP contribution is -2.41. The van der Waals surface area contributed by atoms with Gasteiger partial charge in [-0.3, -0.25) is 0 Å². The molecule has 1 aliphatic heterocycles. The van der Waals surface area contributed by atoms with Gasteiger partial charge in [0.05, 0.1) is 6.61 Å². The number of carbonyl (C=O) groups excluding carboxylic acids is 1. The number of allylic oxidation sites excluding steroid dienone is 1. The molecule has 1 heterocycles. The molecule has 0 saturated heterocycles. The topological polar surface area (TPSA) is 61.8 Å². The summed E-state index contributed by atoms with van der Waals surface area (Å²) >= 11 is 0. The fraction of sp³-hybridized carbons (Fsp3) is 0.700. The van der Waals surface area contributed by atoms with Crippen molar-refractivity contribution in [2.75, 3.05) is 20.3 Å². The van der Waals surface area contributed by atoms with Gasteiger partial charge in [0, 0.05) is 19.4 Å². The maximum absolute atomic E-state index is 11.6. The second kappa shape index (κ2) is 5.14. The number of esters is 1. The van der Waals surface area contributed by atoms with Crippen LogP contribution < -0.4 is 5.43 Å². The third-order valence-corrected chi connectivity index (χ3v) is 2.54. The fourth-order valence-electron chi connectivity index (χ4n) is 1.66. The number of rotatable bonds is 4. The van der Waals surface area contributed by atoms with Crippen LogP contribution in [0.25, 0.3) is 0 Å². The Morgan fingerprint density at radius 1 is 1.67 bits per heavy atom. The Bertz CT molecular complexity index is 276. The molecule has 0 aromatic heterocycles. The van der Waals surface area contributed by atoms with E-state index >= 15 is 0 Å². The van der Waals surface area contributed by atoms with E-state index in [1.165, 1.54) is 0 Å². The molecule has 0 aromatic carbocycles. The molecule has 0 aromatic rings. The van der Waals surface area contributed by atoms with Crippen LogP contribution in [-0.4, -0.2) is 42.4 Å². The first-order valence-corrected chi connectivity index (χ1v) is 5.08. The van der Waals surface area contributed by atoms with Crippen molar-refractivity contribution in [3.63, 3.8) is 0 Å². The summed E-state index contributed by atoms with van der Waals surface area (Å²) in [4.78, 5) is 11.6. The van der Waals surface area contributed by atoms with Crippen LogP contribution in [0.1, 0.15) is 20.3 Å². The molecule has 5 heteroatoms. The number of hydrogen-bond acceptors (Lipinski definition) is 5. The van der Waals surface area contributed by atoms with Crippen LogP contribution in [0.3, 0.4) is 0 Å². The first-order valence-electron chi connectivity index (χ1n) is 5.08. The molecule has 0 saturated carbocycles. The summed E-state index contributed by atoms with van der Waals surface area (Å²) in [5.74, 6) is -0.287. The van der Waals surface area contributed by atoms with E-state index in [4.69, 9.17) is 9.84 Å². The summed E-state index contributed by atoms with van der Waals surface area (Å²) in [6.45, 7) is 4.10. The molecule has 86 valence electrons. The molecule has 1 rings (SSSR count). The van der Waals surface area contributed by atoms with Crippen molar-refractivity contribution in [3.8, 4) is 0 Å². The minimum absolute atomic E-state index is 0.0398. The monoisotopic (exact) mass is 214 g/mol. The molecule has 0 spiro atoms. The fourth-order valence-corrected chi connectivity index (χ4v) is 1.66. The zero-order valence-corrected chi connectivity index (χ0v) is 9.41. The van der Waals surface area contributed by atoms with Crippen molar-refractivity contribution in [2.24, 2.45) is 0 Å². The predicted molar refractivity (Wildman–Crippen MR) is 55.7 cm³/mol. The van der Waals surface area contributed by atoms with E-state index in [1.807, 2.05) is 14.0 Å². The highest BCUT2D eigenvalue weighted by atomic mass is 16.5. The second-order valence-corrected chi connectivity index (χ2v) is 3.46. The Hall–Kier alpha value is -1.07. The number of hydrogen-bond donors (Lipinski definition) is 2. The number of ether oxygens (including phenoxy) is 1. The maximum Gasteiger partial charge on any atom is 0.329 e. The van der Waals surface area contributed by atoms with E-state index in [0.29, 0.717) is 13.0 Å². The van der Waals surface area contributed by atoms with E-state index in [2.05, 4.69) is 5.43 Å². The number of aliphatic hydroxyl groups is 1. The van der Waals surface area contributed by atoms with Gasteiger partial charge < -0.3 is 14.9 Å². The molecule has 1 aliphatic rings. The van der Waals surface area contributed by atoms with E-state index < -0.39 is 6.04 Å². The van der Waals surface area contributed by atoms with Gasteiger partial charge in [0.15, 0.2) is 0 Å². The van der Waals surface area contributed by atoms with Crippen LogP contribution in [0.5, 0.6) is 0 Å². The van der Waals surface area contributed by atoms with Crippen LogP contribution in [0.15, 0.2) is 11.3 Å². The van der Waals surface area contributed by atoms with Crippen molar-refractivity contribution >= 4 is 5.97 Å². The van der Waals surface area contributed by atoms with Gasteiger partial charge in [-0.15, -0.1) is 0 Å². The Kier molecular flexibility index (Phi) is 4.11. The highest BCUT2D eigenvalue weighted by Gasteiger charge is 2.32. The lowest BCUT2D eigenvalue weighted by molar-refractivity contribution is -0.145. The van der Waals surface area contributed by atoms with Crippen molar-refractivity contribution in [1.29, 1.82) is 0 Å². The van der Waals surface area contributed by atoms with Crippen LogP contribution in [0.2, 0.25) is 0 Å². The minimum Gasteiger partial charge on any atom is -0.465 e. The van der Waals surface area contributed by atoms with E-state index in [0.717, 1.165) is 11.3 Å². The standard InChI is InChI=1S/C10H18N2O3/c1-4-15-10(14)9-8(5-6-13)7(2)12(3)11-9/h9,11,13H,4-6H2,1-3H3/t9-/m0/s1. The lowest BCUT2D eigenvalue weighted by Gasteiger charge is -2.16. The van der Waals surface area contributed by atoms with Crippen LogP contribution >= 0.6 is 0 Å². The average molecular weight is 214 g/mol. The molecule has 15 heavy (non-hydrogen) atoms. The number of nitrogens with one attached hydrogen (secondary N) is 1. The zero-order chi connectivity index (χ0) is 11.4. The minimum atomic E-state index is -0.443. The molecule has 0 radical (unpaired) electrons. The Morgan fingerprint density at radius 3 is 2.87 bits per heavy atom. The average Bonchev–Trinajstić information content (AvgIpc) is 2.47. The first-order chi connectivity index (χ1) is 7.11. The molecule has 0 fully saturated rings. The van der Waals surface area contributed by atoms with Gasteiger partial charge in [-0.1, -0.05) is 0 Å². The number of nitrogens with zero attached hydrogens (tertiary/aromatic N) is 1. The van der Waals surface area contributed by atoms with Crippen molar-refractivity contribution < 1.29 is 14.6 Å². The van der Waals surface area contributed by atoms with Crippen molar-refractivity contribution in [3.05, 3.63) is 11.3 Å². The third-order valence-electron chi connectivity index (χ3n) is 2.54. The van der Waals surface area contributed by atoms with Crippen molar-refractivity contribution in [1.82, 2.24) is 10.4 Å². The van der Waals surface area contributed by atoms with Gasteiger partial charge in [-0.2, -0.15) is 0 Å². The van der Waals surface area contributed by atoms with Gasteiger partial charge in [-0.25, -0.2) is 10.2 Å². The highest BCUT2D eigenvalue weighted by Crippen LogP contribution is 2.22. The smallest absolute Gasteiger partial charge is 0.329 e. The van der Waals surface area contributed by atoms with Gasteiger partial charge in [-0.05, 0) is 25.8 Å². The summed E-state index contributed by atoms with van der Waals surface area (Å²) in [5.41, 5.74) is 4.87. The molecule has 0 aliphatic carbocycles. The third kappa shape index (κ3) is 2.49. The first kappa shape index (κ1) is 12.0. The summed E-state index contributed by atoms with van der Waals surface area (Å²) < 4.78 is 4.96. The summed E-state index contributed by atoms with van der Waals surface area (Å²) in [6.07, 6.45) is 0.493. The van der Waals surface area contributed by atoms with Crippen molar-refractivity contribution in [2.45, 2.75) is 26.3 Å². The summed E-state index contributed by atoms with van der Waals surface area (Å²) in [5, 5.41) is 10.7. The quantitative estimate of drug-likeness (QED) is 0.646. The second-order valence-electron chi connectivity index (χ2n) is 3.46. The van der Waals surface area contributed by atoms with E-state index in [9.17, 15) is 4.79 Å². The Balaban J connectivity index is 2.78. The van der Waals surface area contributed by atoms with Crippen LogP contribution in [-0.2, 0) is 9.53 Å². The molecule has 0 bridgehead atoms. The highest BCUT2D eigenvalue weighted by molar-refractivity contribution is 5.80. The largest absolute Gasteiger partial charge is 0.465 e. The molecular formula is C10H18N2O3. The maximum atomic E-state index is 11.6. The molecule has 2 N–H and O–H groups in total. The molecule has 5 nitrogen and oxygen atoms in total. The van der Waals surface area contributed by atoms with Gasteiger partial charge >= 0.3 is 5.97 Å². The van der Waals surface area contributed by atoms with E-state index in [1.54, 1.807) is 11.9 Å². The summed E-state index contributed by atoms with van der Waals surface area (Å²) in [6, 6.07) is -0.443. The van der Waals surface area contributed by atoms with Gasteiger partial charge in [0.25, 0.3) is 0 Å². The normalized spacial score (nSPS) is 21.1. The van der Waals surface area contributed by atoms with E-state index in [-0.39, 0.29) is 12.6 Å². The number of hydrazine groups is 1. The number of aliphatic hydroxyl groups excluding tert-OH is 1. The molecule has 1 atom stereocenters. The molecule has 0 amide bonds. The molecule has 0 unspecified atom stereocenters. The van der Waals surface area contributed by atoms with Crippen LogP contribution in [0.4, 0.5) is 0 Å². The predicted octanol–water partition coefficient (Wildman–Crippen LogP) is 0.0245. The van der Waals surface area contributed by atoms with Gasteiger partial charge in [0.2, 0.25) is 0 Å². The zero-order valence-electron chi connectivity index (χ0n) is 9.41. The Labute approximate surface area is 89.7 Å². The lowest BCUT2D eigenvalue weighted by atomic mass is 10.0. The molecular weight excluding hydrogens is 196 g/mol. The van der Waals surface area contributed by atoms with Gasteiger partial charge in [0.1, 0.15) is 6.04 Å². The van der Waals surface area contributed by atoms with Crippen LogP contribution in [0, 0.1) is 0 Å². The Morgan fingerprint density at radius 2 is 2.33 bits per heavy atom. The number of carbonyl (C=O) groups is 1.